The molecule has 0 atom stereocenters. The fraction of sp³-hybridized carbons (Fsp3) is 0.538. The van der Waals surface area contributed by atoms with E-state index in [1.54, 1.807) is 21.2 Å². The van der Waals surface area contributed by atoms with E-state index >= 15 is 0 Å². The van der Waals surface area contributed by atoms with Gasteiger partial charge in [-0.2, -0.15) is 0 Å². The van der Waals surface area contributed by atoms with Crippen molar-refractivity contribution in [1.29, 1.82) is 0 Å². The van der Waals surface area contributed by atoms with Crippen molar-refractivity contribution < 1.29 is 0 Å². The molecule has 0 saturated heterocycles. The van der Waals surface area contributed by atoms with E-state index < -0.39 is 15.8 Å². The maximum atomic E-state index is 2.59. The molecule has 0 nitrogen and oxygen atoms in total. The highest BCUT2D eigenvalue weighted by Gasteiger charge is 2.23. The van der Waals surface area contributed by atoms with E-state index in [-0.39, 0.29) is 0 Å². The lowest BCUT2D eigenvalue weighted by Crippen LogP contribution is -2.20. The molecule has 0 N–H and O–H groups in total. The monoisotopic (exact) mass is 763 g/mol. The molecule has 0 bridgehead atoms. The van der Waals surface area contributed by atoms with Crippen molar-refractivity contribution in [2.24, 2.45) is 0 Å². The minimum absolute atomic E-state index is 0.502. The van der Waals surface area contributed by atoms with Crippen molar-refractivity contribution in [3.05, 3.63) is 117 Å². The van der Waals surface area contributed by atoms with Crippen molar-refractivity contribution >= 4 is 37.1 Å². The van der Waals surface area contributed by atoms with Gasteiger partial charge in [0.15, 0.2) is 0 Å². The molecule has 0 unspecified atom stereocenters. The molecule has 0 heterocycles. The van der Waals surface area contributed by atoms with Gasteiger partial charge in [0.25, 0.3) is 0 Å². The molecule has 0 spiro atoms. The topological polar surface area (TPSA) is 0 Å². The highest BCUT2D eigenvalue weighted by atomic mass is 31.1. The zero-order valence-corrected chi connectivity index (χ0v) is 39.1. The molecule has 294 valence electrons. The Kier molecular flexibility index (Phi) is 16.3. The number of rotatable bonds is 17. The fourth-order valence-electron chi connectivity index (χ4n) is 7.28. The number of hydrogen-bond acceptors (Lipinski definition) is 0. The molecule has 4 rings (SSSR count). The summed E-state index contributed by atoms with van der Waals surface area (Å²) in [5.74, 6) is 4.15. The fourth-order valence-corrected chi connectivity index (χ4v) is 12.4. The predicted molar refractivity (Wildman–Crippen MR) is 250 cm³/mol. The van der Waals surface area contributed by atoms with E-state index in [0.29, 0.717) is 47.3 Å². The van der Waals surface area contributed by atoms with Crippen LogP contribution >= 0.6 is 15.8 Å². The molecule has 0 radical (unpaired) electrons. The normalized spacial score (nSPS) is 12.6. The van der Waals surface area contributed by atoms with Gasteiger partial charge in [0.1, 0.15) is 0 Å². The van der Waals surface area contributed by atoms with Gasteiger partial charge in [-0.05, 0) is 154 Å². The molecular weight excluding hydrogens is 687 g/mol. The standard InChI is InChI=1S/C52H76P2/c1-33(2)41-21-42(34(3)4)26-49(25-41)53(50-27-43(35(5)6)22-44(28-50)36(7)8)19-17-18-20-54(51-29-45(37(9)10)23-46(30-51)38(11)12)52-31-47(39(13)14)24-48(32-52)40(15)16/h21-40H,17-20H2,1-16H3. The second-order valence-electron chi connectivity index (χ2n) is 18.7. The molecule has 0 aliphatic heterocycles. The summed E-state index contributed by atoms with van der Waals surface area (Å²) in [4.78, 5) is 0. The lowest BCUT2D eigenvalue weighted by molar-refractivity contribution is 0.834. The smallest absolute Gasteiger partial charge is 0.0190 e. The van der Waals surface area contributed by atoms with Crippen LogP contribution in [0.5, 0.6) is 0 Å². The van der Waals surface area contributed by atoms with Crippen LogP contribution in [0.4, 0.5) is 0 Å². The average molecular weight is 763 g/mol. The van der Waals surface area contributed by atoms with Crippen molar-refractivity contribution in [3.63, 3.8) is 0 Å². The van der Waals surface area contributed by atoms with E-state index in [4.69, 9.17) is 0 Å². The van der Waals surface area contributed by atoms with Gasteiger partial charge in [-0.3, -0.25) is 0 Å². The number of unbranched alkanes of at least 4 members (excludes halogenated alkanes) is 1. The van der Waals surface area contributed by atoms with E-state index in [1.807, 2.05) is 0 Å². The third kappa shape index (κ3) is 11.6. The molecule has 0 aromatic heterocycles. The van der Waals surface area contributed by atoms with Crippen LogP contribution in [-0.4, -0.2) is 12.3 Å². The molecule has 0 fully saturated rings. The minimum Gasteiger partial charge on any atom is -0.0587 e. The largest absolute Gasteiger partial charge is 0.0587 e. The van der Waals surface area contributed by atoms with E-state index in [0.717, 1.165) is 0 Å². The lowest BCUT2D eigenvalue weighted by Gasteiger charge is -2.26. The summed E-state index contributed by atoms with van der Waals surface area (Å²) in [6, 6.07) is 30.6. The van der Waals surface area contributed by atoms with Crippen LogP contribution in [-0.2, 0) is 0 Å². The summed E-state index contributed by atoms with van der Waals surface area (Å²) in [6.07, 6.45) is 4.98. The molecule has 0 amide bonds. The molecule has 0 aliphatic rings. The first-order valence-electron chi connectivity index (χ1n) is 21.5. The second kappa shape index (κ2) is 19.7. The summed E-state index contributed by atoms with van der Waals surface area (Å²) in [5.41, 5.74) is 12.0. The van der Waals surface area contributed by atoms with Crippen LogP contribution in [0.15, 0.2) is 72.8 Å². The summed E-state index contributed by atoms with van der Waals surface area (Å²) < 4.78 is 0. The molecule has 2 heteroatoms. The van der Waals surface area contributed by atoms with Gasteiger partial charge in [0.05, 0.1) is 0 Å². The molecule has 0 saturated carbocycles. The van der Waals surface area contributed by atoms with Crippen molar-refractivity contribution in [3.8, 4) is 0 Å². The molecule has 4 aromatic carbocycles. The Morgan fingerprint density at radius 1 is 0.259 bits per heavy atom. The Morgan fingerprint density at radius 2 is 0.407 bits per heavy atom. The number of hydrogen-bond donors (Lipinski definition) is 0. The van der Waals surface area contributed by atoms with Gasteiger partial charge in [-0.25, -0.2) is 0 Å². The van der Waals surface area contributed by atoms with Crippen LogP contribution in [0, 0.1) is 0 Å². The first-order valence-corrected chi connectivity index (χ1v) is 24.6. The Bertz CT molecular complexity index is 1440. The average Bonchev–Trinajstić information content (AvgIpc) is 3.12. The van der Waals surface area contributed by atoms with Crippen molar-refractivity contribution in [2.75, 3.05) is 12.3 Å². The molecule has 0 aliphatic carbocycles. The van der Waals surface area contributed by atoms with Crippen molar-refractivity contribution in [2.45, 2.75) is 171 Å². The third-order valence-corrected chi connectivity index (χ3v) is 16.5. The predicted octanol–water partition coefficient (Wildman–Crippen LogP) is 15.0. The maximum Gasteiger partial charge on any atom is -0.0190 e. The van der Waals surface area contributed by atoms with Gasteiger partial charge in [-0.15, -0.1) is 0 Å². The highest BCUT2D eigenvalue weighted by Crippen LogP contribution is 2.42. The first kappa shape index (κ1) is 44.5. The van der Waals surface area contributed by atoms with Gasteiger partial charge in [-0.1, -0.05) is 184 Å². The quantitative estimate of drug-likeness (QED) is 0.0742. The van der Waals surface area contributed by atoms with Crippen LogP contribution in [0.1, 0.15) is 215 Å². The minimum atomic E-state index is -0.502. The third-order valence-electron chi connectivity index (χ3n) is 11.4. The maximum absolute atomic E-state index is 2.59. The van der Waals surface area contributed by atoms with Crippen LogP contribution in [0.2, 0.25) is 0 Å². The Labute approximate surface area is 336 Å². The summed E-state index contributed by atoms with van der Waals surface area (Å²) in [5, 5.41) is 6.32. The number of benzene rings is 4. The SMILES string of the molecule is CC(C)c1cc(C(C)C)cc(P(CCCCP(c2cc(C(C)C)cc(C(C)C)c2)c2cc(C(C)C)cc(C(C)C)c2)c2cc(C(C)C)cc(C(C)C)c2)c1. The van der Waals surface area contributed by atoms with E-state index in [1.165, 1.54) is 69.7 Å². The molecule has 54 heavy (non-hydrogen) atoms. The summed E-state index contributed by atoms with van der Waals surface area (Å²) >= 11 is 0. The lowest BCUT2D eigenvalue weighted by atomic mass is 9.96. The van der Waals surface area contributed by atoms with Gasteiger partial charge in [0.2, 0.25) is 0 Å². The second-order valence-corrected chi connectivity index (χ2v) is 23.4. The van der Waals surface area contributed by atoms with Crippen LogP contribution in [0.3, 0.4) is 0 Å². The van der Waals surface area contributed by atoms with Crippen molar-refractivity contribution in [1.82, 2.24) is 0 Å². The van der Waals surface area contributed by atoms with Gasteiger partial charge >= 0.3 is 0 Å². The Balaban J connectivity index is 1.81. The Hall–Kier alpha value is -2.26. The summed E-state index contributed by atoms with van der Waals surface area (Å²) in [6.45, 7) is 37.8. The van der Waals surface area contributed by atoms with Crippen LogP contribution < -0.4 is 21.2 Å². The highest BCUT2D eigenvalue weighted by molar-refractivity contribution is 7.73. The summed E-state index contributed by atoms with van der Waals surface area (Å²) in [7, 11) is -1.00. The molecule has 4 aromatic rings. The first-order chi connectivity index (χ1) is 25.4. The zero-order chi connectivity index (χ0) is 40.0. The van der Waals surface area contributed by atoms with Gasteiger partial charge < -0.3 is 0 Å². The Morgan fingerprint density at radius 3 is 0.537 bits per heavy atom. The van der Waals surface area contributed by atoms with E-state index in [2.05, 4.69) is 184 Å². The zero-order valence-electron chi connectivity index (χ0n) is 37.3. The van der Waals surface area contributed by atoms with E-state index in [9.17, 15) is 0 Å². The van der Waals surface area contributed by atoms with Crippen LogP contribution in [0.25, 0.3) is 0 Å². The molecular formula is C52H76P2. The van der Waals surface area contributed by atoms with Gasteiger partial charge in [0, 0.05) is 0 Å².